The highest BCUT2D eigenvalue weighted by molar-refractivity contribution is 5.62. The zero-order valence-electron chi connectivity index (χ0n) is 16.9. The SMILES string of the molecule is C=C(c1ccc(C(c2cccc(N=O)c2)N2CCNCC2)cc1)N(CC)CC. The van der Waals surface area contributed by atoms with E-state index in [2.05, 4.69) is 71.1 Å². The van der Waals surface area contributed by atoms with Crippen LogP contribution in [0.15, 0.2) is 60.3 Å². The monoisotopic (exact) mass is 378 g/mol. The highest BCUT2D eigenvalue weighted by Crippen LogP contribution is 2.32. The number of nitrogens with zero attached hydrogens (tertiary/aromatic N) is 3. The van der Waals surface area contributed by atoms with Crippen molar-refractivity contribution in [3.63, 3.8) is 0 Å². The lowest BCUT2D eigenvalue weighted by molar-refractivity contribution is 0.198. The second-order valence-electron chi connectivity index (χ2n) is 7.12. The van der Waals surface area contributed by atoms with Crippen LogP contribution >= 0.6 is 0 Å². The van der Waals surface area contributed by atoms with Crippen LogP contribution in [-0.2, 0) is 0 Å². The van der Waals surface area contributed by atoms with Crippen molar-refractivity contribution in [1.29, 1.82) is 0 Å². The largest absolute Gasteiger partial charge is 0.372 e. The molecule has 0 aromatic heterocycles. The molecule has 1 atom stereocenters. The summed E-state index contributed by atoms with van der Waals surface area (Å²) < 4.78 is 0. The molecule has 148 valence electrons. The lowest BCUT2D eigenvalue weighted by atomic mass is 9.94. The molecule has 2 aromatic rings. The van der Waals surface area contributed by atoms with E-state index in [0.717, 1.165) is 56.1 Å². The van der Waals surface area contributed by atoms with E-state index in [-0.39, 0.29) is 6.04 Å². The maximum Gasteiger partial charge on any atom is 0.108 e. The third kappa shape index (κ3) is 4.49. The Morgan fingerprint density at radius 1 is 1.11 bits per heavy atom. The minimum Gasteiger partial charge on any atom is -0.372 e. The lowest BCUT2D eigenvalue weighted by Gasteiger charge is -2.35. The average Bonchev–Trinajstić information content (AvgIpc) is 2.76. The molecule has 0 spiro atoms. The molecule has 0 aliphatic carbocycles. The molecular weight excluding hydrogens is 348 g/mol. The van der Waals surface area contributed by atoms with Gasteiger partial charge in [-0.05, 0) is 47.8 Å². The second-order valence-corrected chi connectivity index (χ2v) is 7.12. The van der Waals surface area contributed by atoms with Gasteiger partial charge in [0.1, 0.15) is 5.69 Å². The van der Waals surface area contributed by atoms with Gasteiger partial charge in [-0.15, -0.1) is 4.91 Å². The van der Waals surface area contributed by atoms with Gasteiger partial charge in [-0.25, -0.2) is 0 Å². The van der Waals surface area contributed by atoms with Crippen molar-refractivity contribution in [2.24, 2.45) is 5.18 Å². The fourth-order valence-electron chi connectivity index (χ4n) is 3.95. The van der Waals surface area contributed by atoms with Gasteiger partial charge in [0.2, 0.25) is 0 Å². The van der Waals surface area contributed by atoms with Crippen LogP contribution in [0, 0.1) is 4.91 Å². The predicted molar refractivity (Wildman–Crippen MR) is 117 cm³/mol. The molecule has 1 aliphatic heterocycles. The number of nitroso groups, excluding NO2 is 1. The van der Waals surface area contributed by atoms with E-state index < -0.39 is 0 Å². The Morgan fingerprint density at radius 2 is 1.79 bits per heavy atom. The third-order valence-electron chi connectivity index (χ3n) is 5.51. The normalized spacial score (nSPS) is 15.8. The molecule has 1 unspecified atom stereocenters. The maximum absolute atomic E-state index is 11.0. The van der Waals surface area contributed by atoms with E-state index in [1.165, 1.54) is 5.56 Å². The molecule has 0 amide bonds. The number of piperazine rings is 1. The summed E-state index contributed by atoms with van der Waals surface area (Å²) >= 11 is 0. The van der Waals surface area contributed by atoms with E-state index in [0.29, 0.717) is 5.69 Å². The smallest absolute Gasteiger partial charge is 0.108 e. The summed E-state index contributed by atoms with van der Waals surface area (Å²) in [5.41, 5.74) is 5.01. The number of benzene rings is 2. The Morgan fingerprint density at radius 3 is 2.39 bits per heavy atom. The van der Waals surface area contributed by atoms with Gasteiger partial charge in [-0.3, -0.25) is 4.90 Å². The van der Waals surface area contributed by atoms with E-state index in [1.807, 2.05) is 12.1 Å². The van der Waals surface area contributed by atoms with Gasteiger partial charge in [0, 0.05) is 45.0 Å². The topological polar surface area (TPSA) is 47.9 Å². The van der Waals surface area contributed by atoms with Crippen LogP contribution in [0.1, 0.15) is 36.6 Å². The molecule has 0 radical (unpaired) electrons. The lowest BCUT2D eigenvalue weighted by Crippen LogP contribution is -2.45. The van der Waals surface area contributed by atoms with Gasteiger partial charge in [0.15, 0.2) is 0 Å². The third-order valence-corrected chi connectivity index (χ3v) is 5.51. The Kier molecular flexibility index (Phi) is 6.95. The number of hydrogen-bond acceptors (Lipinski definition) is 5. The average molecular weight is 379 g/mol. The number of nitrogens with one attached hydrogen (secondary N) is 1. The summed E-state index contributed by atoms with van der Waals surface area (Å²) in [4.78, 5) is 15.8. The second kappa shape index (κ2) is 9.62. The summed E-state index contributed by atoms with van der Waals surface area (Å²) in [6.07, 6.45) is 0. The van der Waals surface area contributed by atoms with Gasteiger partial charge < -0.3 is 10.2 Å². The van der Waals surface area contributed by atoms with Gasteiger partial charge in [-0.1, -0.05) is 43.0 Å². The van der Waals surface area contributed by atoms with Crippen molar-refractivity contribution in [1.82, 2.24) is 15.1 Å². The fourth-order valence-corrected chi connectivity index (χ4v) is 3.95. The van der Waals surface area contributed by atoms with Gasteiger partial charge >= 0.3 is 0 Å². The van der Waals surface area contributed by atoms with E-state index in [9.17, 15) is 4.91 Å². The zero-order chi connectivity index (χ0) is 19.9. The molecule has 28 heavy (non-hydrogen) atoms. The molecule has 0 saturated carbocycles. The van der Waals surface area contributed by atoms with Crippen molar-refractivity contribution in [3.05, 3.63) is 76.7 Å². The maximum atomic E-state index is 11.0. The molecule has 2 aromatic carbocycles. The first-order chi connectivity index (χ1) is 13.7. The molecule has 1 aliphatic rings. The van der Waals surface area contributed by atoms with Crippen LogP contribution in [0.4, 0.5) is 5.69 Å². The quantitative estimate of drug-likeness (QED) is 0.692. The molecule has 1 saturated heterocycles. The summed E-state index contributed by atoms with van der Waals surface area (Å²) in [7, 11) is 0. The van der Waals surface area contributed by atoms with Crippen LogP contribution < -0.4 is 5.32 Å². The zero-order valence-corrected chi connectivity index (χ0v) is 16.9. The Hall–Kier alpha value is -2.50. The van der Waals surface area contributed by atoms with Crippen molar-refractivity contribution in [2.45, 2.75) is 19.9 Å². The van der Waals surface area contributed by atoms with E-state index >= 15 is 0 Å². The van der Waals surface area contributed by atoms with Crippen molar-refractivity contribution in [2.75, 3.05) is 39.3 Å². The van der Waals surface area contributed by atoms with Gasteiger partial charge in [0.25, 0.3) is 0 Å². The number of hydrogen-bond donors (Lipinski definition) is 1. The van der Waals surface area contributed by atoms with Crippen LogP contribution in [0.3, 0.4) is 0 Å². The predicted octanol–water partition coefficient (Wildman–Crippen LogP) is 4.39. The van der Waals surface area contributed by atoms with Crippen LogP contribution in [0.5, 0.6) is 0 Å². The molecule has 3 rings (SSSR count). The molecule has 5 nitrogen and oxygen atoms in total. The summed E-state index contributed by atoms with van der Waals surface area (Å²) in [6.45, 7) is 14.4. The van der Waals surface area contributed by atoms with Crippen molar-refractivity contribution in [3.8, 4) is 0 Å². The highest BCUT2D eigenvalue weighted by atomic mass is 16.3. The molecule has 5 heteroatoms. The van der Waals surface area contributed by atoms with E-state index in [4.69, 9.17) is 0 Å². The minimum absolute atomic E-state index is 0.111. The molecule has 0 bridgehead atoms. The van der Waals surface area contributed by atoms with Crippen molar-refractivity contribution < 1.29 is 0 Å². The standard InChI is InChI=1S/C23H30N4O/c1-4-26(5-2)18(3)19-9-11-20(12-10-19)23(27-15-13-24-14-16-27)21-7-6-8-22(17-21)25-28/h6-12,17,23-24H,3-5,13-16H2,1-2H3. The Labute approximate surface area is 168 Å². The Bertz CT molecular complexity index is 793. The Balaban J connectivity index is 1.93. The first-order valence-electron chi connectivity index (χ1n) is 10.1. The molecular formula is C23H30N4O. The molecule has 1 fully saturated rings. The van der Waals surface area contributed by atoms with Crippen molar-refractivity contribution >= 4 is 11.4 Å². The summed E-state index contributed by atoms with van der Waals surface area (Å²) in [5.74, 6) is 0. The fraction of sp³-hybridized carbons (Fsp3) is 0.391. The first kappa shape index (κ1) is 20.2. The molecule has 1 N–H and O–H groups in total. The molecule has 1 heterocycles. The van der Waals surface area contributed by atoms with Crippen LogP contribution in [-0.4, -0.2) is 49.1 Å². The first-order valence-corrected chi connectivity index (χ1v) is 10.1. The van der Waals surface area contributed by atoms with Crippen LogP contribution in [0.25, 0.3) is 5.70 Å². The minimum atomic E-state index is 0.111. The van der Waals surface area contributed by atoms with Crippen LogP contribution in [0.2, 0.25) is 0 Å². The van der Waals surface area contributed by atoms with Gasteiger partial charge in [0.05, 0.1) is 6.04 Å². The van der Waals surface area contributed by atoms with E-state index in [1.54, 1.807) is 6.07 Å². The number of rotatable bonds is 8. The highest BCUT2D eigenvalue weighted by Gasteiger charge is 2.24. The summed E-state index contributed by atoms with van der Waals surface area (Å²) in [6, 6.07) is 16.5. The summed E-state index contributed by atoms with van der Waals surface area (Å²) in [5, 5.41) is 6.55. The van der Waals surface area contributed by atoms with Gasteiger partial charge in [-0.2, -0.15) is 0 Å².